The first-order valence-electron chi connectivity index (χ1n) is 11.4. The van der Waals surface area contributed by atoms with E-state index in [4.69, 9.17) is 4.74 Å². The number of carbonyl (C=O) groups is 1. The van der Waals surface area contributed by atoms with E-state index in [2.05, 4.69) is 15.1 Å². The maximum absolute atomic E-state index is 12.3. The van der Waals surface area contributed by atoms with Gasteiger partial charge in [-0.3, -0.25) is 14.9 Å². The van der Waals surface area contributed by atoms with E-state index in [9.17, 15) is 14.9 Å². The second-order valence-corrected chi connectivity index (χ2v) is 8.29. The van der Waals surface area contributed by atoms with Crippen LogP contribution in [0.3, 0.4) is 0 Å². The molecular formula is C28H26N4O4. The molecule has 0 aliphatic carbocycles. The summed E-state index contributed by atoms with van der Waals surface area (Å²) in [4.78, 5) is 22.9. The molecule has 0 saturated heterocycles. The number of amides is 1. The van der Waals surface area contributed by atoms with Crippen LogP contribution in [0.2, 0.25) is 0 Å². The topological polar surface area (TPSA) is 98.8 Å². The number of para-hydroxylation sites is 1. The van der Waals surface area contributed by atoms with Crippen molar-refractivity contribution >= 4 is 17.8 Å². The number of carbonyl (C=O) groups excluding carboxylic acids is 1. The molecule has 4 aromatic rings. The molecule has 8 nitrogen and oxygen atoms in total. The maximum atomic E-state index is 12.3. The highest BCUT2D eigenvalue weighted by Gasteiger charge is 2.15. The third-order valence-electron chi connectivity index (χ3n) is 5.75. The van der Waals surface area contributed by atoms with Crippen molar-refractivity contribution in [1.82, 2.24) is 9.99 Å². The number of hydrazone groups is 1. The van der Waals surface area contributed by atoms with E-state index >= 15 is 0 Å². The summed E-state index contributed by atoms with van der Waals surface area (Å²) in [6, 6.07) is 26.0. The molecule has 0 fully saturated rings. The van der Waals surface area contributed by atoms with Gasteiger partial charge in [-0.2, -0.15) is 5.10 Å². The monoisotopic (exact) mass is 482 g/mol. The van der Waals surface area contributed by atoms with Gasteiger partial charge in [0.2, 0.25) is 5.91 Å². The van der Waals surface area contributed by atoms with E-state index in [1.165, 1.54) is 6.07 Å². The van der Waals surface area contributed by atoms with E-state index in [0.29, 0.717) is 12.2 Å². The minimum atomic E-state index is -0.497. The Morgan fingerprint density at radius 2 is 1.72 bits per heavy atom. The molecule has 36 heavy (non-hydrogen) atoms. The number of aromatic nitrogens is 1. The molecule has 1 N–H and O–H groups in total. The van der Waals surface area contributed by atoms with Crippen LogP contribution in [0.1, 0.15) is 28.1 Å². The molecule has 0 radical (unpaired) electrons. The summed E-state index contributed by atoms with van der Waals surface area (Å²) in [6.07, 6.45) is 1.44. The van der Waals surface area contributed by atoms with E-state index in [-0.39, 0.29) is 12.1 Å². The first-order valence-corrected chi connectivity index (χ1v) is 11.4. The van der Waals surface area contributed by atoms with Crippen molar-refractivity contribution in [2.24, 2.45) is 5.10 Å². The number of ether oxygens (including phenoxy) is 1. The summed E-state index contributed by atoms with van der Waals surface area (Å²) in [7, 11) is 0. The lowest BCUT2D eigenvalue weighted by atomic mass is 10.1. The van der Waals surface area contributed by atoms with E-state index in [1.807, 2.05) is 74.5 Å². The average Bonchev–Trinajstić information content (AvgIpc) is 3.16. The lowest BCUT2D eigenvalue weighted by Gasteiger charge is -2.11. The Labute approximate surface area is 209 Å². The van der Waals surface area contributed by atoms with Crippen molar-refractivity contribution in [1.29, 1.82) is 0 Å². The summed E-state index contributed by atoms with van der Waals surface area (Å²) in [5.41, 5.74) is 7.62. The van der Waals surface area contributed by atoms with Crippen molar-refractivity contribution < 1.29 is 14.5 Å². The van der Waals surface area contributed by atoms with Crippen LogP contribution in [0.15, 0.2) is 90.0 Å². The van der Waals surface area contributed by atoms with Crippen molar-refractivity contribution in [3.63, 3.8) is 0 Å². The van der Waals surface area contributed by atoms with Gasteiger partial charge in [0.1, 0.15) is 12.4 Å². The van der Waals surface area contributed by atoms with Gasteiger partial charge in [-0.15, -0.1) is 0 Å². The van der Waals surface area contributed by atoms with Gasteiger partial charge in [0.15, 0.2) is 0 Å². The largest absolute Gasteiger partial charge is 0.489 e. The van der Waals surface area contributed by atoms with Gasteiger partial charge in [-0.05, 0) is 49.7 Å². The van der Waals surface area contributed by atoms with Crippen molar-refractivity contribution in [3.05, 3.63) is 123 Å². The van der Waals surface area contributed by atoms with Crippen LogP contribution in [-0.4, -0.2) is 21.6 Å². The standard InChI is InChI=1S/C28H26N4O4/c1-20-16-24(18-29-30-28(33)17-23-10-6-7-11-27(23)32(34)35)21(2)31(20)25-12-14-26(15-13-25)36-19-22-8-4-3-5-9-22/h3-16,18H,17,19H2,1-2H3,(H,30,33). The molecule has 0 saturated carbocycles. The summed E-state index contributed by atoms with van der Waals surface area (Å²) < 4.78 is 7.97. The first-order chi connectivity index (χ1) is 17.4. The highest BCUT2D eigenvalue weighted by Crippen LogP contribution is 2.23. The molecule has 1 amide bonds. The van der Waals surface area contributed by atoms with Gasteiger partial charge in [0.25, 0.3) is 5.69 Å². The fourth-order valence-corrected chi connectivity index (χ4v) is 3.97. The fourth-order valence-electron chi connectivity index (χ4n) is 3.97. The van der Waals surface area contributed by atoms with Crippen molar-refractivity contribution in [2.45, 2.75) is 26.9 Å². The predicted octanol–water partition coefficient (Wildman–Crippen LogP) is 5.27. The molecule has 8 heteroatoms. The lowest BCUT2D eigenvalue weighted by molar-refractivity contribution is -0.385. The third kappa shape index (κ3) is 5.85. The van der Waals surface area contributed by atoms with Gasteiger partial charge in [-0.1, -0.05) is 48.5 Å². The molecular weight excluding hydrogens is 456 g/mol. The third-order valence-corrected chi connectivity index (χ3v) is 5.75. The Bertz CT molecular complexity index is 1390. The van der Waals surface area contributed by atoms with E-state index in [0.717, 1.165) is 34.0 Å². The zero-order chi connectivity index (χ0) is 25.5. The Balaban J connectivity index is 1.40. The molecule has 0 aliphatic heterocycles. The summed E-state index contributed by atoms with van der Waals surface area (Å²) in [5, 5.41) is 15.2. The van der Waals surface area contributed by atoms with Crippen LogP contribution in [0.4, 0.5) is 5.69 Å². The smallest absolute Gasteiger partial charge is 0.273 e. The highest BCUT2D eigenvalue weighted by molar-refractivity contribution is 5.85. The minimum absolute atomic E-state index is 0.0864. The average molecular weight is 483 g/mol. The Morgan fingerprint density at radius 1 is 1.03 bits per heavy atom. The second kappa shape index (κ2) is 11.1. The summed E-state index contributed by atoms with van der Waals surface area (Å²) in [5.74, 6) is 0.355. The number of hydrogen-bond donors (Lipinski definition) is 1. The van der Waals surface area contributed by atoms with Gasteiger partial charge in [0.05, 0.1) is 17.6 Å². The summed E-state index contributed by atoms with van der Waals surface area (Å²) in [6.45, 7) is 4.48. The molecule has 182 valence electrons. The number of nitrogens with one attached hydrogen (secondary N) is 1. The van der Waals surface area contributed by atoms with Gasteiger partial charge < -0.3 is 9.30 Å². The fraction of sp³-hybridized carbons (Fsp3) is 0.143. The number of aryl methyl sites for hydroxylation is 1. The number of benzene rings is 3. The second-order valence-electron chi connectivity index (χ2n) is 8.29. The first kappa shape index (κ1) is 24.4. The molecule has 1 aromatic heterocycles. The number of nitro benzene ring substituents is 1. The molecule has 4 rings (SSSR count). The molecule has 0 unspecified atom stereocenters. The van der Waals surface area contributed by atoms with Crippen molar-refractivity contribution in [2.75, 3.05) is 0 Å². The van der Waals surface area contributed by atoms with Gasteiger partial charge in [-0.25, -0.2) is 5.43 Å². The molecule has 0 spiro atoms. The zero-order valence-electron chi connectivity index (χ0n) is 20.0. The Hall–Kier alpha value is -4.72. The number of nitro groups is 1. The molecule has 0 aliphatic rings. The minimum Gasteiger partial charge on any atom is -0.489 e. The zero-order valence-corrected chi connectivity index (χ0v) is 20.0. The van der Waals surface area contributed by atoms with Crippen LogP contribution in [0.25, 0.3) is 5.69 Å². The highest BCUT2D eigenvalue weighted by atomic mass is 16.6. The van der Waals surface area contributed by atoms with Crippen LogP contribution < -0.4 is 10.2 Å². The van der Waals surface area contributed by atoms with Gasteiger partial charge >= 0.3 is 0 Å². The van der Waals surface area contributed by atoms with Crippen LogP contribution in [-0.2, 0) is 17.8 Å². The van der Waals surface area contributed by atoms with Crippen LogP contribution in [0, 0.1) is 24.0 Å². The number of nitrogens with zero attached hydrogens (tertiary/aromatic N) is 3. The van der Waals surface area contributed by atoms with E-state index < -0.39 is 10.8 Å². The number of rotatable bonds is 9. The molecule has 0 bridgehead atoms. The quantitative estimate of drug-likeness (QED) is 0.199. The lowest BCUT2D eigenvalue weighted by Crippen LogP contribution is -2.20. The molecule has 0 atom stereocenters. The summed E-state index contributed by atoms with van der Waals surface area (Å²) >= 11 is 0. The molecule has 3 aromatic carbocycles. The Morgan fingerprint density at radius 3 is 2.44 bits per heavy atom. The van der Waals surface area contributed by atoms with Crippen LogP contribution >= 0.6 is 0 Å². The number of hydrogen-bond acceptors (Lipinski definition) is 5. The van der Waals surface area contributed by atoms with E-state index in [1.54, 1.807) is 24.4 Å². The SMILES string of the molecule is Cc1cc(C=NNC(=O)Cc2ccccc2[N+](=O)[O-])c(C)n1-c1ccc(OCc2ccccc2)cc1. The van der Waals surface area contributed by atoms with Crippen LogP contribution in [0.5, 0.6) is 5.75 Å². The Kier molecular flexibility index (Phi) is 7.55. The van der Waals surface area contributed by atoms with Gasteiger partial charge in [0, 0.05) is 34.3 Å². The maximum Gasteiger partial charge on any atom is 0.273 e. The van der Waals surface area contributed by atoms with Crippen molar-refractivity contribution in [3.8, 4) is 11.4 Å². The molecule has 1 heterocycles. The predicted molar refractivity (Wildman–Crippen MR) is 139 cm³/mol. The normalized spacial score (nSPS) is 10.9.